The van der Waals surface area contributed by atoms with Gasteiger partial charge in [0.25, 0.3) is 0 Å². The number of carbonyl (C=O) groups is 1. The van der Waals surface area contributed by atoms with E-state index >= 15 is 0 Å². The molecule has 0 aromatic heterocycles. The fourth-order valence-corrected chi connectivity index (χ4v) is 3.85. The van der Waals surface area contributed by atoms with Crippen LogP contribution >= 0.6 is 0 Å². The van der Waals surface area contributed by atoms with E-state index in [1.165, 1.54) is 49.8 Å². The van der Waals surface area contributed by atoms with E-state index in [2.05, 4.69) is 6.58 Å². The average molecular weight is 377 g/mol. The van der Waals surface area contributed by atoms with Crippen molar-refractivity contribution in [2.75, 3.05) is 0 Å². The van der Waals surface area contributed by atoms with Crippen LogP contribution in [0.3, 0.4) is 0 Å². The van der Waals surface area contributed by atoms with Gasteiger partial charge >= 0.3 is 5.97 Å². The number of allylic oxidation sites excluding steroid dienone is 1. The van der Waals surface area contributed by atoms with Crippen molar-refractivity contribution in [2.24, 2.45) is 5.92 Å². The Hall–Kier alpha value is -2.93. The summed E-state index contributed by atoms with van der Waals surface area (Å²) in [6.07, 6.45) is 9.16. The summed E-state index contributed by atoms with van der Waals surface area (Å²) in [6, 6.07) is 13.0. The number of hydrogen-bond acceptors (Lipinski definition) is 3. The molecule has 0 bridgehead atoms. The monoisotopic (exact) mass is 377 g/mol. The van der Waals surface area contributed by atoms with Gasteiger partial charge in [0.15, 0.2) is 0 Å². The Morgan fingerprint density at radius 3 is 2.50 bits per heavy atom. The van der Waals surface area contributed by atoms with Gasteiger partial charge in [0.2, 0.25) is 0 Å². The Morgan fingerprint density at radius 2 is 1.89 bits per heavy atom. The maximum absolute atomic E-state index is 13.6. The fraction of sp³-hybridized carbons (Fsp3) is 0.333. The maximum Gasteiger partial charge on any atom is 0.343 e. The third-order valence-electron chi connectivity index (χ3n) is 5.52. The van der Waals surface area contributed by atoms with Gasteiger partial charge < -0.3 is 4.74 Å². The first-order valence-corrected chi connectivity index (χ1v) is 9.73. The van der Waals surface area contributed by atoms with Crippen molar-refractivity contribution in [1.82, 2.24) is 0 Å². The van der Waals surface area contributed by atoms with E-state index in [0.717, 1.165) is 18.4 Å². The van der Waals surface area contributed by atoms with E-state index in [0.29, 0.717) is 11.5 Å². The van der Waals surface area contributed by atoms with E-state index in [4.69, 9.17) is 10.00 Å². The molecule has 1 aliphatic carbocycles. The first kappa shape index (κ1) is 19.8. The van der Waals surface area contributed by atoms with E-state index in [1.54, 1.807) is 18.2 Å². The number of hydrogen-bond donors (Lipinski definition) is 0. The number of halogens is 1. The van der Waals surface area contributed by atoms with Crippen LogP contribution in [0.4, 0.5) is 4.39 Å². The van der Waals surface area contributed by atoms with Crippen LogP contribution in [0.25, 0.3) is 0 Å². The molecule has 0 unspecified atom stereocenters. The topological polar surface area (TPSA) is 50.1 Å². The molecule has 0 heterocycles. The predicted octanol–water partition coefficient (Wildman–Crippen LogP) is 6.16. The highest BCUT2D eigenvalue weighted by Crippen LogP contribution is 2.37. The molecule has 0 amide bonds. The van der Waals surface area contributed by atoms with E-state index in [-0.39, 0.29) is 11.3 Å². The van der Waals surface area contributed by atoms with Gasteiger partial charge in [-0.2, -0.15) is 5.26 Å². The lowest BCUT2D eigenvalue weighted by atomic mass is 9.77. The quantitative estimate of drug-likeness (QED) is 0.344. The lowest BCUT2D eigenvalue weighted by Gasteiger charge is -2.28. The van der Waals surface area contributed by atoms with Crippen molar-refractivity contribution in [1.29, 1.82) is 5.26 Å². The fourth-order valence-electron chi connectivity index (χ4n) is 3.85. The van der Waals surface area contributed by atoms with Gasteiger partial charge in [-0.15, -0.1) is 6.58 Å². The predicted molar refractivity (Wildman–Crippen MR) is 107 cm³/mol. The lowest BCUT2D eigenvalue weighted by Crippen LogP contribution is -2.14. The van der Waals surface area contributed by atoms with Gasteiger partial charge in [-0.25, -0.2) is 9.18 Å². The van der Waals surface area contributed by atoms with E-state index in [1.807, 2.05) is 18.2 Å². The van der Waals surface area contributed by atoms with Crippen LogP contribution in [0.2, 0.25) is 0 Å². The molecule has 1 aliphatic rings. The number of nitriles is 1. The number of benzene rings is 2. The van der Waals surface area contributed by atoms with Crippen molar-refractivity contribution >= 4 is 5.97 Å². The molecule has 1 saturated carbocycles. The molecule has 28 heavy (non-hydrogen) atoms. The number of rotatable bonds is 6. The van der Waals surface area contributed by atoms with Crippen LogP contribution in [0, 0.1) is 23.1 Å². The van der Waals surface area contributed by atoms with Crippen molar-refractivity contribution in [3.05, 3.63) is 77.6 Å². The highest BCUT2D eigenvalue weighted by atomic mass is 19.1. The summed E-state index contributed by atoms with van der Waals surface area (Å²) in [5, 5.41) is 8.75. The van der Waals surface area contributed by atoms with Crippen molar-refractivity contribution < 1.29 is 13.9 Å². The molecular formula is C24H24FNO2. The molecule has 3 nitrogen and oxygen atoms in total. The lowest BCUT2D eigenvalue weighted by molar-refractivity contribution is 0.0734. The molecular weight excluding hydrogens is 353 g/mol. The molecule has 0 aliphatic heterocycles. The third kappa shape index (κ3) is 4.86. The van der Waals surface area contributed by atoms with Gasteiger partial charge in [-0.05, 0) is 80.2 Å². The summed E-state index contributed by atoms with van der Waals surface area (Å²) in [7, 11) is 0. The molecule has 0 saturated heterocycles. The minimum Gasteiger partial charge on any atom is -0.423 e. The molecule has 0 radical (unpaired) electrons. The summed E-state index contributed by atoms with van der Waals surface area (Å²) in [4.78, 5) is 12.3. The summed E-state index contributed by atoms with van der Waals surface area (Å²) in [5.74, 6) is 0.188. The SMILES string of the molecule is C=CCCC1CCC(c2ccc(C(=O)Oc3ccc(C#N)c(F)c3)cc2)CC1. The van der Waals surface area contributed by atoms with Crippen LogP contribution in [-0.2, 0) is 0 Å². The first-order chi connectivity index (χ1) is 13.6. The second-order valence-electron chi connectivity index (χ2n) is 7.35. The Kier molecular flexibility index (Phi) is 6.60. The number of carbonyl (C=O) groups excluding carboxylic acids is 1. The summed E-state index contributed by atoms with van der Waals surface area (Å²) in [6.45, 7) is 3.80. The standard InChI is InChI=1S/C24H24FNO2/c1-2-3-4-17-5-7-18(8-6-17)19-9-11-20(12-10-19)24(27)28-22-14-13-21(16-26)23(25)15-22/h2,9-15,17-18H,1,3-8H2. The minimum absolute atomic E-state index is 0.0802. The van der Waals surface area contributed by atoms with Gasteiger partial charge in [0.05, 0.1) is 11.1 Å². The largest absolute Gasteiger partial charge is 0.423 e. The normalized spacial score (nSPS) is 18.9. The smallest absolute Gasteiger partial charge is 0.343 e. The first-order valence-electron chi connectivity index (χ1n) is 9.73. The van der Waals surface area contributed by atoms with Crippen molar-refractivity contribution in [2.45, 2.75) is 44.4 Å². The second-order valence-corrected chi connectivity index (χ2v) is 7.35. The Labute approximate surface area is 165 Å². The van der Waals surface area contributed by atoms with E-state index in [9.17, 15) is 9.18 Å². The molecule has 2 aromatic rings. The highest BCUT2D eigenvalue weighted by Gasteiger charge is 2.22. The van der Waals surface area contributed by atoms with Gasteiger partial charge in [-0.1, -0.05) is 18.2 Å². The highest BCUT2D eigenvalue weighted by molar-refractivity contribution is 5.91. The maximum atomic E-state index is 13.6. The minimum atomic E-state index is -0.702. The zero-order valence-electron chi connectivity index (χ0n) is 15.9. The zero-order chi connectivity index (χ0) is 19.9. The molecule has 0 N–H and O–H groups in total. The summed E-state index contributed by atoms with van der Waals surface area (Å²) < 4.78 is 18.9. The van der Waals surface area contributed by atoms with Crippen molar-refractivity contribution in [3.63, 3.8) is 0 Å². The zero-order valence-corrected chi connectivity index (χ0v) is 15.9. The number of nitrogens with zero attached hydrogens (tertiary/aromatic N) is 1. The van der Waals surface area contributed by atoms with Crippen LogP contribution in [0.15, 0.2) is 55.1 Å². The van der Waals surface area contributed by atoms with Crippen molar-refractivity contribution in [3.8, 4) is 11.8 Å². The number of esters is 1. The van der Waals surface area contributed by atoms with Crippen LogP contribution in [0.5, 0.6) is 5.75 Å². The van der Waals surface area contributed by atoms with Gasteiger partial charge in [-0.3, -0.25) is 0 Å². The van der Waals surface area contributed by atoms with Crippen LogP contribution in [-0.4, -0.2) is 5.97 Å². The van der Waals surface area contributed by atoms with Gasteiger partial charge in [0.1, 0.15) is 17.6 Å². The molecule has 4 heteroatoms. The Balaban J connectivity index is 1.58. The van der Waals surface area contributed by atoms with Gasteiger partial charge in [0, 0.05) is 6.07 Å². The Bertz CT molecular complexity index is 874. The molecule has 144 valence electrons. The molecule has 3 rings (SSSR count). The van der Waals surface area contributed by atoms with E-state index < -0.39 is 11.8 Å². The third-order valence-corrected chi connectivity index (χ3v) is 5.52. The average Bonchev–Trinajstić information content (AvgIpc) is 2.73. The van der Waals surface area contributed by atoms with Crippen LogP contribution in [0.1, 0.15) is 65.9 Å². The summed E-state index contributed by atoms with van der Waals surface area (Å²) >= 11 is 0. The molecule has 0 atom stereocenters. The van der Waals surface area contributed by atoms with Crippen LogP contribution < -0.4 is 4.74 Å². The second kappa shape index (κ2) is 9.32. The molecule has 1 fully saturated rings. The molecule has 0 spiro atoms. The number of ether oxygens (including phenoxy) is 1. The summed E-state index contributed by atoms with van der Waals surface area (Å²) in [5.41, 5.74) is 1.60. The Morgan fingerprint density at radius 1 is 1.18 bits per heavy atom. The molecule has 2 aromatic carbocycles.